The molecule has 1 aromatic heterocycles. The summed E-state index contributed by atoms with van der Waals surface area (Å²) in [5.41, 5.74) is 2.70. The number of hydrogen-bond acceptors (Lipinski definition) is 3. The molecule has 0 atom stereocenters. The van der Waals surface area contributed by atoms with Crippen molar-refractivity contribution < 1.29 is 13.9 Å². The molecule has 3 heteroatoms. The Kier molecular flexibility index (Phi) is 2.23. The highest BCUT2D eigenvalue weighted by Crippen LogP contribution is 2.26. The Hall–Kier alpha value is -1.77. The topological polar surface area (TPSA) is 39.4 Å². The largest absolute Gasteiger partial charge is 0.463 e. The first-order valence-corrected chi connectivity index (χ1v) is 4.71. The van der Waals surface area contributed by atoms with Gasteiger partial charge in [-0.25, -0.2) is 4.79 Å². The first-order valence-electron chi connectivity index (χ1n) is 4.71. The molecule has 0 aliphatic rings. The van der Waals surface area contributed by atoms with E-state index in [1.54, 1.807) is 0 Å². The molecule has 0 unspecified atom stereocenters. The van der Waals surface area contributed by atoms with Crippen molar-refractivity contribution in [3.8, 4) is 0 Å². The van der Waals surface area contributed by atoms with Crippen molar-refractivity contribution in [2.24, 2.45) is 0 Å². The molecule has 0 amide bonds. The number of rotatable bonds is 1. The van der Waals surface area contributed by atoms with Gasteiger partial charge in [-0.1, -0.05) is 11.6 Å². The summed E-state index contributed by atoms with van der Waals surface area (Å²) in [5, 5.41) is 0.968. The monoisotopic (exact) mass is 204 g/mol. The Labute approximate surface area is 87.6 Å². The van der Waals surface area contributed by atoms with Crippen LogP contribution in [0.1, 0.15) is 21.7 Å². The lowest BCUT2D eigenvalue weighted by Crippen LogP contribution is -2.00. The van der Waals surface area contributed by atoms with Crippen LogP contribution in [0, 0.1) is 13.8 Å². The van der Waals surface area contributed by atoms with Crippen LogP contribution in [-0.2, 0) is 4.74 Å². The molecule has 2 rings (SSSR count). The number of fused-ring (bicyclic) bond motifs is 1. The molecule has 0 fully saturated rings. The van der Waals surface area contributed by atoms with E-state index in [1.165, 1.54) is 7.11 Å². The summed E-state index contributed by atoms with van der Waals surface area (Å²) in [6.07, 6.45) is 0. The summed E-state index contributed by atoms with van der Waals surface area (Å²) >= 11 is 0. The highest BCUT2D eigenvalue weighted by Gasteiger charge is 2.17. The third-order valence-electron chi connectivity index (χ3n) is 2.46. The Balaban J connectivity index is 2.69. The van der Waals surface area contributed by atoms with Gasteiger partial charge >= 0.3 is 5.97 Å². The van der Waals surface area contributed by atoms with Crippen LogP contribution < -0.4 is 0 Å². The van der Waals surface area contributed by atoms with Gasteiger partial charge in [-0.2, -0.15) is 0 Å². The molecular weight excluding hydrogens is 192 g/mol. The van der Waals surface area contributed by atoms with Gasteiger partial charge < -0.3 is 9.15 Å². The molecule has 1 aromatic carbocycles. The van der Waals surface area contributed by atoms with Gasteiger partial charge in [0.2, 0.25) is 5.76 Å². The zero-order valence-electron chi connectivity index (χ0n) is 8.96. The number of ether oxygens (including phenoxy) is 1. The molecule has 0 saturated heterocycles. The Bertz CT molecular complexity index is 523. The van der Waals surface area contributed by atoms with E-state index in [-0.39, 0.29) is 5.76 Å². The number of benzene rings is 1. The molecule has 0 saturated carbocycles. The lowest BCUT2D eigenvalue weighted by molar-refractivity contribution is 0.0566. The van der Waals surface area contributed by atoms with Gasteiger partial charge in [-0.05, 0) is 26.0 Å². The molecule has 0 bridgehead atoms. The second-order valence-electron chi connectivity index (χ2n) is 3.55. The molecule has 0 aliphatic heterocycles. The van der Waals surface area contributed by atoms with Crippen LogP contribution >= 0.6 is 0 Å². The van der Waals surface area contributed by atoms with Gasteiger partial charge in [0.05, 0.1) is 7.11 Å². The predicted molar refractivity (Wildman–Crippen MR) is 57.0 cm³/mol. The molecule has 15 heavy (non-hydrogen) atoms. The van der Waals surface area contributed by atoms with Crippen LogP contribution in [0.4, 0.5) is 0 Å². The standard InChI is InChI=1S/C12H12O3/c1-7-4-5-10-9(6-7)8(2)11(15-10)12(13)14-3/h4-6H,1-3H3. The summed E-state index contributed by atoms with van der Waals surface area (Å²) < 4.78 is 10.1. The first-order chi connectivity index (χ1) is 7.13. The van der Waals surface area contributed by atoms with Crippen LogP contribution in [0.3, 0.4) is 0 Å². The van der Waals surface area contributed by atoms with Crippen molar-refractivity contribution >= 4 is 16.9 Å². The van der Waals surface area contributed by atoms with Crippen LogP contribution in [0.5, 0.6) is 0 Å². The molecule has 0 aliphatic carbocycles. The fraction of sp³-hybridized carbons (Fsp3) is 0.250. The molecule has 3 nitrogen and oxygen atoms in total. The normalized spacial score (nSPS) is 10.6. The van der Waals surface area contributed by atoms with Gasteiger partial charge in [-0.15, -0.1) is 0 Å². The van der Waals surface area contributed by atoms with E-state index in [2.05, 4.69) is 4.74 Å². The lowest BCUT2D eigenvalue weighted by Gasteiger charge is -1.94. The van der Waals surface area contributed by atoms with Gasteiger partial charge in [0.15, 0.2) is 0 Å². The van der Waals surface area contributed by atoms with Crippen molar-refractivity contribution in [3.63, 3.8) is 0 Å². The van der Waals surface area contributed by atoms with Crippen LogP contribution in [-0.4, -0.2) is 13.1 Å². The molecule has 2 aromatic rings. The summed E-state index contributed by atoms with van der Waals surface area (Å²) in [6, 6.07) is 5.82. The number of furan rings is 1. The van der Waals surface area contributed by atoms with Crippen LogP contribution in [0.15, 0.2) is 22.6 Å². The minimum Gasteiger partial charge on any atom is -0.463 e. The third kappa shape index (κ3) is 1.50. The van der Waals surface area contributed by atoms with Crippen molar-refractivity contribution in [1.29, 1.82) is 0 Å². The van der Waals surface area contributed by atoms with Crippen LogP contribution in [0.25, 0.3) is 11.0 Å². The number of carbonyl (C=O) groups excluding carboxylic acids is 1. The Morgan fingerprint density at radius 3 is 2.73 bits per heavy atom. The fourth-order valence-corrected chi connectivity index (χ4v) is 1.62. The third-order valence-corrected chi connectivity index (χ3v) is 2.46. The maximum Gasteiger partial charge on any atom is 0.374 e. The fourth-order valence-electron chi connectivity index (χ4n) is 1.62. The van der Waals surface area contributed by atoms with E-state index in [4.69, 9.17) is 4.42 Å². The zero-order chi connectivity index (χ0) is 11.0. The summed E-state index contributed by atoms with van der Waals surface area (Å²) in [7, 11) is 1.35. The van der Waals surface area contributed by atoms with Crippen molar-refractivity contribution in [1.82, 2.24) is 0 Å². The number of hydrogen-bond donors (Lipinski definition) is 0. The molecule has 1 heterocycles. The SMILES string of the molecule is COC(=O)c1oc2ccc(C)cc2c1C. The highest BCUT2D eigenvalue weighted by atomic mass is 16.5. The Morgan fingerprint density at radius 1 is 1.33 bits per heavy atom. The Morgan fingerprint density at radius 2 is 2.07 bits per heavy atom. The number of esters is 1. The lowest BCUT2D eigenvalue weighted by atomic mass is 10.1. The number of aryl methyl sites for hydroxylation is 2. The maximum atomic E-state index is 11.4. The molecule has 78 valence electrons. The van der Waals surface area contributed by atoms with Gasteiger partial charge in [0.1, 0.15) is 5.58 Å². The van der Waals surface area contributed by atoms with Gasteiger partial charge in [-0.3, -0.25) is 0 Å². The zero-order valence-corrected chi connectivity index (χ0v) is 8.96. The van der Waals surface area contributed by atoms with Crippen molar-refractivity contribution in [2.75, 3.05) is 7.11 Å². The van der Waals surface area contributed by atoms with E-state index >= 15 is 0 Å². The molecular formula is C12H12O3. The second-order valence-corrected chi connectivity index (χ2v) is 3.55. The van der Waals surface area contributed by atoms with E-state index in [0.717, 1.165) is 22.1 Å². The average molecular weight is 204 g/mol. The van der Waals surface area contributed by atoms with E-state index in [9.17, 15) is 4.79 Å². The first kappa shape index (κ1) is 9.77. The smallest absolute Gasteiger partial charge is 0.374 e. The molecule has 0 spiro atoms. The van der Waals surface area contributed by atoms with E-state index in [1.807, 2.05) is 32.0 Å². The molecule has 0 N–H and O–H groups in total. The summed E-state index contributed by atoms with van der Waals surface area (Å²) in [5.74, 6) is -0.139. The predicted octanol–water partition coefficient (Wildman–Crippen LogP) is 2.84. The van der Waals surface area contributed by atoms with Crippen LogP contribution in [0.2, 0.25) is 0 Å². The minimum absolute atomic E-state index is 0.290. The van der Waals surface area contributed by atoms with Crippen molar-refractivity contribution in [3.05, 3.63) is 35.1 Å². The van der Waals surface area contributed by atoms with Gasteiger partial charge in [0, 0.05) is 10.9 Å². The molecule has 0 radical (unpaired) electrons. The quantitative estimate of drug-likeness (QED) is 0.670. The summed E-state index contributed by atoms with van der Waals surface area (Å²) in [4.78, 5) is 11.4. The second kappa shape index (κ2) is 3.42. The van der Waals surface area contributed by atoms with Crippen molar-refractivity contribution in [2.45, 2.75) is 13.8 Å². The highest BCUT2D eigenvalue weighted by molar-refractivity contribution is 5.95. The van der Waals surface area contributed by atoms with E-state index in [0.29, 0.717) is 0 Å². The number of carbonyl (C=O) groups is 1. The maximum absolute atomic E-state index is 11.4. The summed E-state index contributed by atoms with van der Waals surface area (Å²) in [6.45, 7) is 3.86. The number of methoxy groups -OCH3 is 1. The van der Waals surface area contributed by atoms with E-state index < -0.39 is 5.97 Å². The van der Waals surface area contributed by atoms with Gasteiger partial charge in [0.25, 0.3) is 0 Å². The minimum atomic E-state index is -0.429. The average Bonchev–Trinajstić information content (AvgIpc) is 2.55.